The van der Waals surface area contributed by atoms with E-state index in [1.807, 2.05) is 25.1 Å². The van der Waals surface area contributed by atoms with Crippen LogP contribution in [0.25, 0.3) is 0 Å². The molecule has 0 aromatic heterocycles. The third kappa shape index (κ3) is 4.87. The number of rotatable bonds is 7. The predicted octanol–water partition coefficient (Wildman–Crippen LogP) is 5.35. The molecule has 0 unspecified atom stereocenters. The second-order valence-corrected chi connectivity index (χ2v) is 7.07. The Morgan fingerprint density at radius 3 is 2.04 bits per heavy atom. The Morgan fingerprint density at radius 1 is 0.885 bits per heavy atom. The molecule has 0 heterocycles. The topological polar surface area (TPSA) is 38.3 Å². The molecule has 0 aliphatic carbocycles. The molecule has 3 heteroatoms. The second-order valence-electron chi connectivity index (χ2n) is 7.07. The molecule has 26 heavy (non-hydrogen) atoms. The molecule has 2 rings (SSSR count). The van der Waals surface area contributed by atoms with E-state index in [0.717, 1.165) is 17.7 Å². The fourth-order valence-corrected chi connectivity index (χ4v) is 2.94. The summed E-state index contributed by atoms with van der Waals surface area (Å²) in [6, 6.07) is 12.3. The Kier molecular flexibility index (Phi) is 6.84. The fourth-order valence-electron chi connectivity index (χ4n) is 2.94. The van der Waals surface area contributed by atoms with Gasteiger partial charge in [0.1, 0.15) is 5.75 Å². The van der Waals surface area contributed by atoms with Gasteiger partial charge in [0.15, 0.2) is 6.10 Å². The van der Waals surface area contributed by atoms with Gasteiger partial charge in [-0.2, -0.15) is 0 Å². The lowest BCUT2D eigenvalue weighted by Gasteiger charge is -2.23. The van der Waals surface area contributed by atoms with Crippen LogP contribution in [0.1, 0.15) is 60.5 Å². The van der Waals surface area contributed by atoms with Gasteiger partial charge < -0.3 is 10.1 Å². The summed E-state index contributed by atoms with van der Waals surface area (Å²) < 4.78 is 5.97. The van der Waals surface area contributed by atoms with Crippen molar-refractivity contribution in [3.8, 4) is 5.75 Å². The highest BCUT2D eigenvalue weighted by Gasteiger charge is 2.22. The van der Waals surface area contributed by atoms with E-state index in [-0.39, 0.29) is 11.9 Å². The zero-order valence-electron chi connectivity index (χ0n) is 16.8. The van der Waals surface area contributed by atoms with Crippen LogP contribution in [-0.2, 0) is 4.79 Å². The molecule has 0 spiro atoms. The first-order valence-electron chi connectivity index (χ1n) is 9.47. The monoisotopic (exact) mass is 353 g/mol. The van der Waals surface area contributed by atoms with Crippen LogP contribution in [0.15, 0.2) is 36.4 Å². The van der Waals surface area contributed by atoms with Crippen molar-refractivity contribution in [3.63, 3.8) is 0 Å². The zero-order valence-corrected chi connectivity index (χ0v) is 16.8. The summed E-state index contributed by atoms with van der Waals surface area (Å²) in [5.41, 5.74) is 6.04. The first-order chi connectivity index (χ1) is 12.3. The lowest BCUT2D eigenvalue weighted by molar-refractivity contribution is -0.128. The van der Waals surface area contributed by atoms with Crippen molar-refractivity contribution in [1.29, 1.82) is 0 Å². The molecule has 0 radical (unpaired) electrons. The number of hydrogen-bond donors (Lipinski definition) is 1. The molecule has 0 aliphatic heterocycles. The van der Waals surface area contributed by atoms with Gasteiger partial charge in [-0.3, -0.25) is 4.79 Å². The fraction of sp³-hybridized carbons (Fsp3) is 0.435. The molecular formula is C23H31NO2. The minimum absolute atomic E-state index is 0.000737. The van der Waals surface area contributed by atoms with Gasteiger partial charge >= 0.3 is 0 Å². The number of benzene rings is 2. The number of hydrogen-bond acceptors (Lipinski definition) is 2. The number of carbonyl (C=O) groups is 1. The van der Waals surface area contributed by atoms with Crippen molar-refractivity contribution in [2.75, 3.05) is 0 Å². The number of aryl methyl sites for hydroxylation is 4. The van der Waals surface area contributed by atoms with Gasteiger partial charge in [0.25, 0.3) is 5.91 Å². The summed E-state index contributed by atoms with van der Waals surface area (Å²) in [5, 5.41) is 3.16. The first kappa shape index (κ1) is 20.0. The van der Waals surface area contributed by atoms with Crippen molar-refractivity contribution < 1.29 is 9.53 Å². The Morgan fingerprint density at radius 2 is 1.50 bits per heavy atom. The summed E-state index contributed by atoms with van der Waals surface area (Å²) in [6.45, 7) is 12.4. The van der Waals surface area contributed by atoms with Crippen LogP contribution < -0.4 is 10.1 Å². The average molecular weight is 354 g/mol. The van der Waals surface area contributed by atoms with Crippen LogP contribution in [0.5, 0.6) is 5.75 Å². The zero-order chi connectivity index (χ0) is 19.3. The van der Waals surface area contributed by atoms with Crippen LogP contribution in [0, 0.1) is 27.7 Å². The standard InChI is InChI=1S/C23H31NO2/c1-7-21(19-11-9-15(3)17(5)13-19)24-23(25)22(8-2)26-20-12-10-16(4)18(6)14-20/h9-14,21-22H,7-8H2,1-6H3,(H,24,25)/t21-,22-/m1/s1. The van der Waals surface area contributed by atoms with E-state index >= 15 is 0 Å². The minimum Gasteiger partial charge on any atom is -0.481 e. The van der Waals surface area contributed by atoms with Crippen molar-refractivity contribution >= 4 is 5.91 Å². The van der Waals surface area contributed by atoms with Gasteiger partial charge in [-0.05, 0) is 80.5 Å². The Bertz CT molecular complexity index is 767. The SMILES string of the molecule is CC[C@@H](Oc1ccc(C)c(C)c1)C(=O)N[C@H](CC)c1ccc(C)c(C)c1. The molecule has 2 atom stereocenters. The molecule has 0 aliphatic rings. The third-order valence-corrected chi connectivity index (χ3v) is 5.08. The molecule has 3 nitrogen and oxygen atoms in total. The summed E-state index contributed by atoms with van der Waals surface area (Å²) in [4.78, 5) is 12.8. The van der Waals surface area contributed by atoms with Crippen molar-refractivity contribution in [2.24, 2.45) is 0 Å². The maximum atomic E-state index is 12.8. The summed E-state index contributed by atoms with van der Waals surface area (Å²) in [6.07, 6.45) is 0.980. The average Bonchev–Trinajstić information content (AvgIpc) is 2.62. The van der Waals surface area contributed by atoms with Gasteiger partial charge in [-0.1, -0.05) is 38.1 Å². The third-order valence-electron chi connectivity index (χ3n) is 5.08. The Labute approximate surface area is 157 Å². The van der Waals surface area contributed by atoms with Gasteiger partial charge in [-0.15, -0.1) is 0 Å². The molecule has 0 fully saturated rings. The molecule has 2 aromatic carbocycles. The lowest BCUT2D eigenvalue weighted by atomic mass is 9.99. The summed E-state index contributed by atoms with van der Waals surface area (Å²) in [7, 11) is 0. The maximum Gasteiger partial charge on any atom is 0.261 e. The highest BCUT2D eigenvalue weighted by molar-refractivity contribution is 5.81. The van der Waals surface area contributed by atoms with E-state index in [9.17, 15) is 4.79 Å². The van der Waals surface area contributed by atoms with Crippen LogP contribution in [-0.4, -0.2) is 12.0 Å². The number of nitrogens with one attached hydrogen (secondary N) is 1. The normalized spacial score (nSPS) is 13.2. The van der Waals surface area contributed by atoms with Gasteiger partial charge in [0.2, 0.25) is 0 Å². The van der Waals surface area contributed by atoms with Crippen molar-refractivity contribution in [2.45, 2.75) is 66.5 Å². The highest BCUT2D eigenvalue weighted by atomic mass is 16.5. The van der Waals surface area contributed by atoms with E-state index in [1.54, 1.807) is 0 Å². The Hall–Kier alpha value is -2.29. The molecule has 140 valence electrons. The molecule has 0 saturated heterocycles. The number of carbonyl (C=O) groups excluding carboxylic acids is 1. The molecule has 2 aromatic rings. The number of ether oxygens (including phenoxy) is 1. The van der Waals surface area contributed by atoms with Gasteiger partial charge in [0.05, 0.1) is 6.04 Å². The predicted molar refractivity (Wildman–Crippen MR) is 108 cm³/mol. The van der Waals surface area contributed by atoms with E-state index in [1.165, 1.54) is 22.3 Å². The van der Waals surface area contributed by atoms with Crippen LogP contribution in [0.3, 0.4) is 0 Å². The van der Waals surface area contributed by atoms with E-state index in [2.05, 4.69) is 58.1 Å². The number of amides is 1. The van der Waals surface area contributed by atoms with Crippen LogP contribution >= 0.6 is 0 Å². The molecule has 0 saturated carbocycles. The van der Waals surface area contributed by atoms with Crippen molar-refractivity contribution in [3.05, 3.63) is 64.2 Å². The highest BCUT2D eigenvalue weighted by Crippen LogP contribution is 2.22. The summed E-state index contributed by atoms with van der Waals surface area (Å²) in [5.74, 6) is 0.685. The van der Waals surface area contributed by atoms with E-state index in [4.69, 9.17) is 4.74 Å². The lowest BCUT2D eigenvalue weighted by Crippen LogP contribution is -2.40. The first-order valence-corrected chi connectivity index (χ1v) is 9.47. The van der Waals surface area contributed by atoms with Crippen LogP contribution in [0.4, 0.5) is 0 Å². The molecule has 0 bridgehead atoms. The van der Waals surface area contributed by atoms with E-state index in [0.29, 0.717) is 6.42 Å². The second kappa shape index (κ2) is 8.88. The molecular weight excluding hydrogens is 322 g/mol. The Balaban J connectivity index is 2.10. The largest absolute Gasteiger partial charge is 0.481 e. The van der Waals surface area contributed by atoms with Crippen LogP contribution in [0.2, 0.25) is 0 Å². The smallest absolute Gasteiger partial charge is 0.261 e. The molecule has 1 amide bonds. The quantitative estimate of drug-likeness (QED) is 0.729. The minimum atomic E-state index is -0.488. The summed E-state index contributed by atoms with van der Waals surface area (Å²) >= 11 is 0. The van der Waals surface area contributed by atoms with Crippen molar-refractivity contribution in [1.82, 2.24) is 5.32 Å². The van der Waals surface area contributed by atoms with Gasteiger partial charge in [-0.25, -0.2) is 0 Å². The molecule has 1 N–H and O–H groups in total. The maximum absolute atomic E-state index is 12.8. The van der Waals surface area contributed by atoms with Gasteiger partial charge in [0, 0.05) is 0 Å². The van der Waals surface area contributed by atoms with E-state index < -0.39 is 6.10 Å².